The highest BCUT2D eigenvalue weighted by atomic mass is 16.5. The third-order valence-corrected chi connectivity index (χ3v) is 5.95. The van der Waals surface area contributed by atoms with Crippen molar-refractivity contribution in [3.8, 4) is 40.0 Å². The second-order valence-electron chi connectivity index (χ2n) is 7.83. The Morgan fingerprint density at radius 2 is 1.77 bits per heavy atom. The summed E-state index contributed by atoms with van der Waals surface area (Å²) < 4.78 is 11.2. The lowest BCUT2D eigenvalue weighted by Gasteiger charge is -2.13. The molecule has 2 N–H and O–H groups in total. The molecule has 2 fully saturated rings. The first-order chi connectivity index (χ1) is 14.7. The Kier molecular flexibility index (Phi) is 4.92. The van der Waals surface area contributed by atoms with Gasteiger partial charge < -0.3 is 19.9 Å². The number of aromatic nitrogens is 4. The molecule has 1 aromatic carbocycles. The molecule has 3 aromatic rings. The van der Waals surface area contributed by atoms with Gasteiger partial charge >= 0.3 is 0 Å². The first-order valence-electron chi connectivity index (χ1n) is 10.1. The number of benzene rings is 1. The molecular formula is C22H23N5O3. The zero-order chi connectivity index (χ0) is 20.5. The van der Waals surface area contributed by atoms with Crippen LogP contribution in [0.4, 0.5) is 0 Å². The van der Waals surface area contributed by atoms with Crippen molar-refractivity contribution in [2.45, 2.75) is 18.9 Å². The minimum absolute atomic E-state index is 0.0786. The monoisotopic (exact) mass is 405 g/mol. The van der Waals surface area contributed by atoms with E-state index in [-0.39, 0.29) is 11.9 Å². The van der Waals surface area contributed by atoms with Gasteiger partial charge in [0.05, 0.1) is 18.9 Å². The molecule has 1 aliphatic heterocycles. The highest BCUT2D eigenvalue weighted by Crippen LogP contribution is 2.36. The number of hydrogen-bond acceptors (Lipinski definition) is 8. The lowest BCUT2D eigenvalue weighted by atomic mass is 10.0. The number of fused-ring (bicyclic) bond motifs is 1. The molecule has 30 heavy (non-hydrogen) atoms. The molecule has 0 radical (unpaired) electrons. The maximum absolute atomic E-state index is 10.5. The van der Waals surface area contributed by atoms with Crippen molar-refractivity contribution in [1.82, 2.24) is 25.5 Å². The number of phenolic OH excluding ortho intramolecular Hbond substituents is 1. The van der Waals surface area contributed by atoms with Gasteiger partial charge in [0, 0.05) is 12.3 Å². The third-order valence-electron chi connectivity index (χ3n) is 5.95. The van der Waals surface area contributed by atoms with E-state index in [1.807, 2.05) is 18.2 Å². The lowest BCUT2D eigenvalue weighted by molar-refractivity contribution is 0.188. The maximum atomic E-state index is 10.5. The molecule has 1 saturated heterocycles. The van der Waals surface area contributed by atoms with Gasteiger partial charge in [0.1, 0.15) is 11.9 Å². The van der Waals surface area contributed by atoms with E-state index in [0.29, 0.717) is 35.0 Å². The van der Waals surface area contributed by atoms with Crippen LogP contribution in [0.15, 0.2) is 42.7 Å². The molecule has 2 aliphatic rings. The fourth-order valence-corrected chi connectivity index (χ4v) is 4.42. The number of hydrogen-bond donors (Lipinski definition) is 2. The van der Waals surface area contributed by atoms with Crippen molar-refractivity contribution >= 4 is 0 Å². The first kappa shape index (κ1) is 18.7. The number of pyridine rings is 1. The van der Waals surface area contributed by atoms with Gasteiger partial charge in [0.25, 0.3) is 5.88 Å². The maximum Gasteiger partial charge on any atom is 0.252 e. The fraction of sp³-hybridized carbons (Fsp3) is 0.364. The Bertz CT molecular complexity index is 1030. The van der Waals surface area contributed by atoms with E-state index >= 15 is 0 Å². The molecule has 2 atom stereocenters. The van der Waals surface area contributed by atoms with E-state index in [1.165, 1.54) is 0 Å². The molecule has 2 aromatic heterocycles. The SMILES string of the molecule is COc1cc(-c2ccc(-c3ncc(OC4CC5CNCC5C4)nn3)c(O)c2)ccn1. The summed E-state index contributed by atoms with van der Waals surface area (Å²) >= 11 is 0. The summed E-state index contributed by atoms with van der Waals surface area (Å²) in [4.78, 5) is 8.46. The van der Waals surface area contributed by atoms with Crippen LogP contribution in [0.5, 0.6) is 17.5 Å². The second-order valence-corrected chi connectivity index (χ2v) is 7.83. The molecule has 3 heterocycles. The summed E-state index contributed by atoms with van der Waals surface area (Å²) in [5.74, 6) is 2.77. The zero-order valence-electron chi connectivity index (χ0n) is 16.7. The number of ether oxygens (including phenoxy) is 2. The number of rotatable bonds is 5. The zero-order valence-corrected chi connectivity index (χ0v) is 16.7. The summed E-state index contributed by atoms with van der Waals surface area (Å²) in [6, 6.07) is 9.01. The van der Waals surface area contributed by atoms with Gasteiger partial charge in [-0.15, -0.1) is 10.2 Å². The molecule has 2 unspecified atom stereocenters. The molecular weight excluding hydrogens is 382 g/mol. The van der Waals surface area contributed by atoms with Gasteiger partial charge in [-0.1, -0.05) is 6.07 Å². The molecule has 8 nitrogen and oxygen atoms in total. The molecule has 0 amide bonds. The Balaban J connectivity index is 1.30. The predicted molar refractivity (Wildman–Crippen MR) is 110 cm³/mol. The topological polar surface area (TPSA) is 102 Å². The Morgan fingerprint density at radius 3 is 2.47 bits per heavy atom. The van der Waals surface area contributed by atoms with E-state index < -0.39 is 0 Å². The second kappa shape index (κ2) is 7.87. The number of nitrogens with one attached hydrogen (secondary N) is 1. The Labute approximate surface area is 174 Å². The van der Waals surface area contributed by atoms with Crippen LogP contribution in [0.2, 0.25) is 0 Å². The third kappa shape index (κ3) is 3.66. The standard InChI is InChI=1S/C22H23N5O3/c1-29-20-9-14(4-5-24-20)13-2-3-18(19(28)8-13)22-25-12-21(26-27-22)30-17-6-15-10-23-11-16(15)7-17/h2-5,8-9,12,15-17,23,28H,6-7,10-11H2,1H3. The molecule has 5 rings (SSSR count). The van der Waals surface area contributed by atoms with Crippen LogP contribution >= 0.6 is 0 Å². The van der Waals surface area contributed by atoms with Crippen molar-refractivity contribution in [3.05, 3.63) is 42.7 Å². The quantitative estimate of drug-likeness (QED) is 0.668. The van der Waals surface area contributed by atoms with Gasteiger partial charge in [-0.25, -0.2) is 9.97 Å². The smallest absolute Gasteiger partial charge is 0.252 e. The van der Waals surface area contributed by atoms with Crippen LogP contribution in [0.1, 0.15) is 12.8 Å². The Hall–Kier alpha value is -3.26. The van der Waals surface area contributed by atoms with Gasteiger partial charge in [0.15, 0.2) is 5.82 Å². The summed E-state index contributed by atoms with van der Waals surface area (Å²) in [5.41, 5.74) is 2.24. The highest BCUT2D eigenvalue weighted by Gasteiger charge is 2.38. The van der Waals surface area contributed by atoms with E-state index in [1.54, 1.807) is 31.6 Å². The van der Waals surface area contributed by atoms with Crippen LogP contribution in [0.25, 0.3) is 22.5 Å². The summed E-state index contributed by atoms with van der Waals surface area (Å²) in [7, 11) is 1.57. The average molecular weight is 405 g/mol. The Morgan fingerprint density at radius 1 is 0.967 bits per heavy atom. The number of phenols is 1. The van der Waals surface area contributed by atoms with Gasteiger partial charge in [-0.05, 0) is 67.1 Å². The molecule has 1 saturated carbocycles. The van der Waals surface area contributed by atoms with Crippen LogP contribution in [0.3, 0.4) is 0 Å². The van der Waals surface area contributed by atoms with Gasteiger partial charge in [-0.2, -0.15) is 0 Å². The van der Waals surface area contributed by atoms with Crippen LogP contribution in [0, 0.1) is 11.8 Å². The van der Waals surface area contributed by atoms with E-state index in [2.05, 4.69) is 25.5 Å². The fourth-order valence-electron chi connectivity index (χ4n) is 4.42. The molecule has 8 heteroatoms. The predicted octanol–water partition coefficient (Wildman–Crippen LogP) is 2.69. The minimum atomic E-state index is 0.0786. The summed E-state index contributed by atoms with van der Waals surface area (Å²) in [5, 5.41) is 22.3. The molecule has 154 valence electrons. The van der Waals surface area contributed by atoms with Gasteiger partial charge in [0.2, 0.25) is 5.88 Å². The van der Waals surface area contributed by atoms with Crippen molar-refractivity contribution in [2.24, 2.45) is 11.8 Å². The largest absolute Gasteiger partial charge is 0.507 e. The molecule has 1 aliphatic carbocycles. The lowest BCUT2D eigenvalue weighted by Crippen LogP contribution is -2.19. The van der Waals surface area contributed by atoms with Crippen molar-refractivity contribution < 1.29 is 14.6 Å². The highest BCUT2D eigenvalue weighted by molar-refractivity contribution is 5.73. The number of nitrogens with zero attached hydrogens (tertiary/aromatic N) is 4. The van der Waals surface area contributed by atoms with Crippen molar-refractivity contribution in [2.75, 3.05) is 20.2 Å². The molecule has 0 spiro atoms. The van der Waals surface area contributed by atoms with Crippen LogP contribution in [-0.4, -0.2) is 51.6 Å². The summed E-state index contributed by atoms with van der Waals surface area (Å²) in [6.07, 6.45) is 5.51. The van der Waals surface area contributed by atoms with Gasteiger partial charge in [-0.3, -0.25) is 0 Å². The average Bonchev–Trinajstić information content (AvgIpc) is 3.36. The van der Waals surface area contributed by atoms with E-state index in [9.17, 15) is 5.11 Å². The number of aromatic hydroxyl groups is 1. The van der Waals surface area contributed by atoms with Crippen molar-refractivity contribution in [3.63, 3.8) is 0 Å². The number of methoxy groups -OCH3 is 1. The van der Waals surface area contributed by atoms with E-state index in [0.717, 1.165) is 37.1 Å². The van der Waals surface area contributed by atoms with Crippen molar-refractivity contribution in [1.29, 1.82) is 0 Å². The normalized spacial score (nSPS) is 22.6. The van der Waals surface area contributed by atoms with Crippen LogP contribution in [-0.2, 0) is 0 Å². The molecule has 0 bridgehead atoms. The van der Waals surface area contributed by atoms with E-state index in [4.69, 9.17) is 9.47 Å². The summed E-state index contributed by atoms with van der Waals surface area (Å²) in [6.45, 7) is 2.16. The first-order valence-corrected chi connectivity index (χ1v) is 10.1. The van der Waals surface area contributed by atoms with Crippen LogP contribution < -0.4 is 14.8 Å². The minimum Gasteiger partial charge on any atom is -0.507 e.